The fourth-order valence-corrected chi connectivity index (χ4v) is 8.50. The number of aromatic nitrogens is 33. The van der Waals surface area contributed by atoms with E-state index in [1.54, 1.807) is 124 Å². The number of nitrogens with two attached hydrogens (primary N) is 2. The average Bonchev–Trinajstić information content (AvgIpc) is 0.843. The lowest BCUT2D eigenvalue weighted by molar-refractivity contribution is -0.116. The molecule has 0 aliphatic heterocycles. The number of hydrogen-bond acceptors (Lipinski definition) is 43. The number of nitrogens with one attached hydrogen (secondary N) is 3. The number of carboxylic acids is 1. The van der Waals surface area contributed by atoms with Crippen molar-refractivity contribution in [1.82, 2.24) is 167 Å². The van der Waals surface area contributed by atoms with E-state index in [2.05, 4.69) is 193 Å². The molecule has 8 N–H and O–H groups in total. The Balaban J connectivity index is 0.000000229. The molecule has 3 amide bonds. The van der Waals surface area contributed by atoms with E-state index < -0.39 is 17.9 Å². The second-order valence-electron chi connectivity index (χ2n) is 22.3. The maximum atomic E-state index is 11.4. The third-order valence-electron chi connectivity index (χ3n) is 14.4. The number of benzene rings is 2. The van der Waals surface area contributed by atoms with Gasteiger partial charge in [-0.25, -0.2) is 34.3 Å². The number of rotatable bonds is 19. The summed E-state index contributed by atoms with van der Waals surface area (Å²) in [7, 11) is 2.33. The normalized spacial score (nSPS) is 9.82. The van der Waals surface area contributed by atoms with Gasteiger partial charge in [0.15, 0.2) is 6.33 Å². The maximum absolute atomic E-state index is 11.4. The summed E-state index contributed by atoms with van der Waals surface area (Å²) in [5.41, 5.74) is 17.9. The Morgan fingerprint density at radius 2 is 0.639 bits per heavy atom. The van der Waals surface area contributed by atoms with Crippen LogP contribution < -0.4 is 77.0 Å². The molecule has 15 aromatic rings. The molecular formula is C71H60Cl4N38O9-4. The molecule has 0 spiro atoms. The van der Waals surface area contributed by atoms with Crippen LogP contribution in [0.25, 0.3) is 104 Å². The lowest BCUT2D eigenvalue weighted by Crippen LogP contribution is -3.00. The summed E-state index contributed by atoms with van der Waals surface area (Å²) in [6, 6.07) is 38.2. The van der Waals surface area contributed by atoms with Crippen LogP contribution in [-0.4, -0.2) is 229 Å². The van der Waals surface area contributed by atoms with Gasteiger partial charge in [0.1, 0.15) is 28.5 Å². The van der Waals surface area contributed by atoms with Gasteiger partial charge in [-0.3, -0.25) is 39.3 Å². The van der Waals surface area contributed by atoms with E-state index in [-0.39, 0.29) is 120 Å². The standard InChI is InChI=1S/C18H18N8O2.C13H11N9O.C13H8N6O2.C12H8N6.C9H9N5.C6H6N4O4.4ClH/c1-3-15(27)21-11-5-7-13(19-9-11)17-23-25-18(26-24-17)14-8-6-12(10-20-14)22-16(28)4-2;14-6-10(23)18-8-2-3-9(17-7-8)11-19-21-13(22-20-11)12-15-4-1-5-16-12;20-13(21)9-4-2-8(3-5-9)10-16-18-12(19-17-10)11-14-6-1-7-15-11;1-3-7-13-9(5-1)11-15-17-12(18-16-11)10-6-2-4-8-14-10;10-5-7-1-3-8(4-2-7)9-13-11-6-12-14-9;1-13-5(11)3-7-9-4(10-8-3)6(12)14-2;;;;/h5-10H,3-4H2,1-2H3,(H,21,27)(H,22,28);1-5,7H,6,14H2,(H,18,23);1-7H,(H,20,21);1-8H;1-4,6H,5,10H2;1-2H3;4*1H/p-4. The van der Waals surface area contributed by atoms with Crippen molar-refractivity contribution in [2.45, 2.75) is 33.2 Å². The van der Waals surface area contributed by atoms with Crippen molar-refractivity contribution < 1.29 is 93.0 Å². The van der Waals surface area contributed by atoms with Crippen LogP contribution in [-0.2, 0) is 30.4 Å². The van der Waals surface area contributed by atoms with Crippen molar-refractivity contribution in [3.05, 3.63) is 218 Å². The highest BCUT2D eigenvalue weighted by molar-refractivity contribution is 5.93. The number of aromatic carboxylic acids is 1. The molecule has 122 heavy (non-hydrogen) atoms. The summed E-state index contributed by atoms with van der Waals surface area (Å²) in [5.74, 6) is -0.162. The number of halogens is 4. The van der Waals surface area contributed by atoms with E-state index in [4.69, 9.17) is 16.6 Å². The van der Waals surface area contributed by atoms with Crippen molar-refractivity contribution in [2.24, 2.45) is 11.5 Å². The van der Waals surface area contributed by atoms with E-state index in [0.717, 1.165) is 11.1 Å². The molecule has 0 fully saturated rings. The number of pyridine rings is 5. The predicted molar refractivity (Wildman–Crippen MR) is 408 cm³/mol. The van der Waals surface area contributed by atoms with Gasteiger partial charge in [-0.2, -0.15) is 0 Å². The SMILES string of the molecule is CCC(=O)Nc1ccc(-c2nnc(-c3ccc(NC(=O)CC)cn3)nn2)nc1.COC(=O)c1nnc(C(=O)OC)nn1.NCC(=O)Nc1ccc(-c2nnc(-c3ncccn3)nn2)nc1.NCc1ccc(-c2nncnn2)cc1.O=C(O)c1ccc(-c2nnc(-c3ncccn3)nn2)cc1.[Cl-].[Cl-].[Cl-].[Cl-].c1ccc(-c2nnc(-c3ccccn3)nn2)nc1. The molecule has 0 aliphatic carbocycles. The number of hydrogen-bond donors (Lipinski definition) is 6. The summed E-state index contributed by atoms with van der Waals surface area (Å²) in [4.78, 5) is 103. The minimum atomic E-state index is -0.990. The molecule has 0 atom stereocenters. The van der Waals surface area contributed by atoms with E-state index in [1.165, 1.54) is 51.3 Å². The van der Waals surface area contributed by atoms with Gasteiger partial charge in [-0.05, 0) is 90.5 Å². The number of carbonyl (C=O) groups is 6. The molecule has 0 unspecified atom stereocenters. The highest BCUT2D eigenvalue weighted by atomic mass is 35.5. The molecule has 0 saturated carbocycles. The summed E-state index contributed by atoms with van der Waals surface area (Å²) < 4.78 is 8.61. The zero-order chi connectivity index (χ0) is 83.2. The van der Waals surface area contributed by atoms with Gasteiger partial charge in [0.2, 0.25) is 81.8 Å². The Bertz CT molecular complexity index is 5540. The molecule has 0 bridgehead atoms. The first-order valence-electron chi connectivity index (χ1n) is 34.1. The molecule has 47 nitrogen and oxygen atoms in total. The Morgan fingerprint density at radius 3 is 0.934 bits per heavy atom. The van der Waals surface area contributed by atoms with E-state index in [1.807, 2.05) is 48.5 Å². The molecule has 0 saturated heterocycles. The van der Waals surface area contributed by atoms with Crippen LogP contribution in [0.4, 0.5) is 17.1 Å². The Labute approximate surface area is 712 Å². The van der Waals surface area contributed by atoms with Crippen LogP contribution >= 0.6 is 0 Å². The molecule has 0 aliphatic rings. The number of carbonyl (C=O) groups excluding carboxylic acids is 5. The summed E-state index contributed by atoms with van der Waals surface area (Å²) in [5, 5.41) is 109. The first kappa shape index (κ1) is 94.7. The van der Waals surface area contributed by atoms with Gasteiger partial charge >= 0.3 is 17.9 Å². The quantitative estimate of drug-likeness (QED) is 0.0410. The number of esters is 2. The second kappa shape index (κ2) is 49.7. The number of carboxylic acid groups (broad SMARTS) is 1. The Kier molecular flexibility index (Phi) is 38.6. The van der Waals surface area contributed by atoms with Crippen molar-refractivity contribution in [1.29, 1.82) is 0 Å². The summed E-state index contributed by atoms with van der Waals surface area (Å²) >= 11 is 0. The van der Waals surface area contributed by atoms with Crippen molar-refractivity contribution >= 4 is 52.7 Å². The molecule has 51 heteroatoms. The highest BCUT2D eigenvalue weighted by Crippen LogP contribution is 2.21. The second-order valence-corrected chi connectivity index (χ2v) is 22.3. The molecule has 13 heterocycles. The lowest BCUT2D eigenvalue weighted by Gasteiger charge is -2.05. The number of nitrogens with zero attached hydrogens (tertiary/aromatic N) is 33. The molecule has 13 aromatic heterocycles. The smallest absolute Gasteiger partial charge is 0.379 e. The zero-order valence-electron chi connectivity index (χ0n) is 63.4. The first-order chi connectivity index (χ1) is 57.6. The van der Waals surface area contributed by atoms with Crippen molar-refractivity contribution in [2.75, 3.05) is 36.7 Å². The number of ether oxygens (including phenoxy) is 2. The minimum absolute atomic E-state index is 0. The third-order valence-corrected chi connectivity index (χ3v) is 14.4. The Hall–Kier alpha value is -16.1. The minimum Gasteiger partial charge on any atom is -1.00 e. The van der Waals surface area contributed by atoms with E-state index in [0.29, 0.717) is 105 Å². The van der Waals surface area contributed by atoms with Crippen LogP contribution in [0, 0.1) is 0 Å². The average molecular weight is 1730 g/mol. The number of anilines is 3. The molecule has 620 valence electrons. The van der Waals surface area contributed by atoms with Crippen LogP contribution in [0.15, 0.2) is 196 Å². The highest BCUT2D eigenvalue weighted by Gasteiger charge is 2.18. The molecular weight excluding hydrogens is 1670 g/mol. The third kappa shape index (κ3) is 28.7. The number of amides is 3. The van der Waals surface area contributed by atoms with Gasteiger partial charge < -0.3 is 91.6 Å². The van der Waals surface area contributed by atoms with Gasteiger partial charge in [0.25, 0.3) is 11.6 Å². The summed E-state index contributed by atoms with van der Waals surface area (Å²) in [6.45, 7) is 3.98. The predicted octanol–water partition coefficient (Wildman–Crippen LogP) is -8.50. The van der Waals surface area contributed by atoms with Crippen LogP contribution in [0.5, 0.6) is 0 Å². The monoisotopic (exact) mass is 1730 g/mol. The fraction of sp³-hybridized carbons (Fsp3) is 0.113. The van der Waals surface area contributed by atoms with Crippen molar-refractivity contribution in [3.63, 3.8) is 0 Å². The zero-order valence-corrected chi connectivity index (χ0v) is 66.5. The largest absolute Gasteiger partial charge is 1.00 e. The van der Waals surface area contributed by atoms with Crippen LogP contribution in [0.3, 0.4) is 0 Å². The lowest BCUT2D eigenvalue weighted by atomic mass is 10.1. The van der Waals surface area contributed by atoms with Gasteiger partial charge in [0.05, 0.1) is 62.0 Å². The van der Waals surface area contributed by atoms with Crippen LogP contribution in [0.1, 0.15) is 63.8 Å². The van der Waals surface area contributed by atoms with Gasteiger partial charge in [-0.1, -0.05) is 62.4 Å². The Morgan fingerprint density at radius 1 is 0.328 bits per heavy atom. The number of methoxy groups -OCH3 is 2. The first-order valence-corrected chi connectivity index (χ1v) is 34.1. The maximum Gasteiger partial charge on any atom is 0.379 e. The topological polar surface area (TPSA) is 655 Å². The molecule has 0 radical (unpaired) electrons. The van der Waals surface area contributed by atoms with Gasteiger partial charge in [-0.15, -0.1) is 122 Å². The summed E-state index contributed by atoms with van der Waals surface area (Å²) in [6.07, 6.45) is 16.2. The van der Waals surface area contributed by atoms with Crippen molar-refractivity contribution in [3.8, 4) is 104 Å². The molecule has 2 aromatic carbocycles. The van der Waals surface area contributed by atoms with Crippen LogP contribution in [0.2, 0.25) is 0 Å². The molecule has 15 rings (SSSR count). The fourth-order valence-electron chi connectivity index (χ4n) is 8.50. The van der Waals surface area contributed by atoms with Gasteiger partial charge in [0, 0.05) is 67.7 Å². The van der Waals surface area contributed by atoms with E-state index >= 15 is 0 Å². The van der Waals surface area contributed by atoms with E-state index in [9.17, 15) is 28.8 Å².